The molecule has 0 unspecified atom stereocenters. The molecular formula is C20H32N2O3. The SMILES string of the molecule is COc1ccccc1CN1CCC(CN(CC(C)C)C(=O)CO)CC1. The molecule has 0 aliphatic carbocycles. The number of likely N-dealkylation sites (tertiary alicyclic amines) is 1. The van der Waals surface area contributed by atoms with Crippen LogP contribution < -0.4 is 4.74 Å². The number of nitrogens with zero attached hydrogens (tertiary/aromatic N) is 2. The van der Waals surface area contributed by atoms with Crippen molar-refractivity contribution in [2.24, 2.45) is 11.8 Å². The zero-order valence-corrected chi connectivity index (χ0v) is 15.8. The number of carbonyl (C=O) groups excluding carboxylic acids is 1. The minimum Gasteiger partial charge on any atom is -0.496 e. The van der Waals surface area contributed by atoms with Gasteiger partial charge in [0, 0.05) is 25.2 Å². The lowest BCUT2D eigenvalue weighted by Crippen LogP contribution is -2.43. The van der Waals surface area contributed by atoms with E-state index in [4.69, 9.17) is 4.74 Å². The summed E-state index contributed by atoms with van der Waals surface area (Å²) in [4.78, 5) is 16.2. The van der Waals surface area contributed by atoms with Crippen molar-refractivity contribution in [1.82, 2.24) is 9.80 Å². The Balaban J connectivity index is 1.85. The van der Waals surface area contributed by atoms with E-state index in [9.17, 15) is 9.90 Å². The molecule has 1 fully saturated rings. The summed E-state index contributed by atoms with van der Waals surface area (Å²) in [6, 6.07) is 8.17. The van der Waals surface area contributed by atoms with Crippen molar-refractivity contribution in [3.63, 3.8) is 0 Å². The van der Waals surface area contributed by atoms with Crippen LogP contribution in [-0.2, 0) is 11.3 Å². The van der Waals surface area contributed by atoms with Crippen molar-refractivity contribution in [2.45, 2.75) is 33.2 Å². The maximum absolute atomic E-state index is 11.9. The molecule has 1 heterocycles. The number of hydrogen-bond donors (Lipinski definition) is 1. The van der Waals surface area contributed by atoms with E-state index in [0.29, 0.717) is 11.8 Å². The minimum absolute atomic E-state index is 0.148. The van der Waals surface area contributed by atoms with Crippen LogP contribution in [0.25, 0.3) is 0 Å². The average Bonchev–Trinajstić information content (AvgIpc) is 2.62. The van der Waals surface area contributed by atoms with E-state index in [1.165, 1.54) is 5.56 Å². The zero-order chi connectivity index (χ0) is 18.2. The second-order valence-electron chi connectivity index (χ2n) is 7.38. The highest BCUT2D eigenvalue weighted by Crippen LogP contribution is 2.24. The zero-order valence-electron chi connectivity index (χ0n) is 15.8. The number of amides is 1. The van der Waals surface area contributed by atoms with Gasteiger partial charge < -0.3 is 14.7 Å². The van der Waals surface area contributed by atoms with Gasteiger partial charge in [0.2, 0.25) is 5.91 Å². The van der Waals surface area contributed by atoms with Crippen LogP contribution in [0.15, 0.2) is 24.3 Å². The number of benzene rings is 1. The summed E-state index contributed by atoms with van der Waals surface area (Å²) in [5, 5.41) is 9.19. The molecule has 1 aromatic rings. The van der Waals surface area contributed by atoms with Crippen LogP contribution >= 0.6 is 0 Å². The summed E-state index contributed by atoms with van der Waals surface area (Å²) < 4.78 is 5.44. The van der Waals surface area contributed by atoms with E-state index in [1.807, 2.05) is 17.0 Å². The quantitative estimate of drug-likeness (QED) is 0.784. The number of ether oxygens (including phenoxy) is 1. The molecular weight excluding hydrogens is 316 g/mol. The van der Waals surface area contributed by atoms with Crippen LogP contribution in [0.2, 0.25) is 0 Å². The smallest absolute Gasteiger partial charge is 0.248 e. The van der Waals surface area contributed by atoms with E-state index in [1.54, 1.807) is 7.11 Å². The Morgan fingerprint density at radius 2 is 2.00 bits per heavy atom. The van der Waals surface area contributed by atoms with Crippen molar-refractivity contribution in [3.8, 4) is 5.75 Å². The Labute approximate surface area is 151 Å². The Kier molecular flexibility index (Phi) is 7.72. The van der Waals surface area contributed by atoms with Crippen molar-refractivity contribution in [1.29, 1.82) is 0 Å². The van der Waals surface area contributed by atoms with E-state index >= 15 is 0 Å². The lowest BCUT2D eigenvalue weighted by atomic mass is 9.95. The Bertz CT molecular complexity index is 539. The van der Waals surface area contributed by atoms with Gasteiger partial charge >= 0.3 is 0 Å². The summed E-state index contributed by atoms with van der Waals surface area (Å²) in [5.74, 6) is 1.73. The second-order valence-corrected chi connectivity index (χ2v) is 7.38. The van der Waals surface area contributed by atoms with E-state index in [2.05, 4.69) is 30.9 Å². The van der Waals surface area contributed by atoms with Crippen LogP contribution in [0.4, 0.5) is 0 Å². The van der Waals surface area contributed by atoms with Crippen molar-refractivity contribution >= 4 is 5.91 Å². The molecule has 25 heavy (non-hydrogen) atoms. The first-order chi connectivity index (χ1) is 12.0. The van der Waals surface area contributed by atoms with Gasteiger partial charge in [-0.3, -0.25) is 9.69 Å². The van der Waals surface area contributed by atoms with Crippen LogP contribution in [0.5, 0.6) is 5.75 Å². The first kappa shape index (κ1) is 19.7. The monoisotopic (exact) mass is 348 g/mol. The molecule has 0 bridgehead atoms. The average molecular weight is 348 g/mol. The maximum atomic E-state index is 11.9. The van der Waals surface area contributed by atoms with Gasteiger partial charge in [0.15, 0.2) is 0 Å². The largest absolute Gasteiger partial charge is 0.496 e. The minimum atomic E-state index is -0.390. The molecule has 140 valence electrons. The fraction of sp³-hybridized carbons (Fsp3) is 0.650. The number of para-hydroxylation sites is 1. The number of piperidine rings is 1. The number of rotatable bonds is 8. The number of methoxy groups -OCH3 is 1. The molecule has 1 aliphatic rings. The third kappa shape index (κ3) is 6.01. The van der Waals surface area contributed by atoms with Gasteiger partial charge in [0.05, 0.1) is 7.11 Å². The second kappa shape index (κ2) is 9.78. The summed E-state index contributed by atoms with van der Waals surface area (Å²) in [5.41, 5.74) is 1.22. The molecule has 0 atom stereocenters. The predicted octanol–water partition coefficient (Wildman–Crippen LogP) is 2.38. The van der Waals surface area contributed by atoms with E-state index in [-0.39, 0.29) is 12.5 Å². The highest BCUT2D eigenvalue weighted by Gasteiger charge is 2.24. The van der Waals surface area contributed by atoms with Crippen molar-refractivity contribution in [2.75, 3.05) is 39.9 Å². The fourth-order valence-corrected chi connectivity index (χ4v) is 3.53. The molecule has 1 aromatic carbocycles. The predicted molar refractivity (Wildman–Crippen MR) is 99.5 cm³/mol. The lowest BCUT2D eigenvalue weighted by molar-refractivity contribution is -0.135. The van der Waals surface area contributed by atoms with Crippen LogP contribution in [0, 0.1) is 11.8 Å². The van der Waals surface area contributed by atoms with E-state index < -0.39 is 0 Å². The molecule has 0 radical (unpaired) electrons. The lowest BCUT2D eigenvalue weighted by Gasteiger charge is -2.35. The van der Waals surface area contributed by atoms with Gasteiger partial charge in [-0.25, -0.2) is 0 Å². The van der Waals surface area contributed by atoms with Gasteiger partial charge in [-0.2, -0.15) is 0 Å². The van der Waals surface area contributed by atoms with Gasteiger partial charge in [-0.15, -0.1) is 0 Å². The maximum Gasteiger partial charge on any atom is 0.248 e. The van der Waals surface area contributed by atoms with E-state index in [0.717, 1.165) is 51.3 Å². The molecule has 2 rings (SSSR count). The Morgan fingerprint density at radius 3 is 2.60 bits per heavy atom. The number of aliphatic hydroxyl groups is 1. The Morgan fingerprint density at radius 1 is 1.32 bits per heavy atom. The standard InChI is InChI=1S/C20H32N2O3/c1-16(2)12-22(20(24)15-23)13-17-8-10-21(11-9-17)14-18-6-4-5-7-19(18)25-3/h4-7,16-17,23H,8-15H2,1-3H3. The number of carbonyl (C=O) groups is 1. The van der Waals surface area contributed by atoms with Crippen LogP contribution in [-0.4, -0.2) is 60.7 Å². The van der Waals surface area contributed by atoms with Gasteiger partial charge in [0.1, 0.15) is 12.4 Å². The van der Waals surface area contributed by atoms with Crippen LogP contribution in [0.1, 0.15) is 32.3 Å². The number of hydrogen-bond acceptors (Lipinski definition) is 4. The highest BCUT2D eigenvalue weighted by atomic mass is 16.5. The molecule has 0 spiro atoms. The summed E-state index contributed by atoms with van der Waals surface area (Å²) in [6.45, 7) is 8.28. The molecule has 0 saturated carbocycles. The van der Waals surface area contributed by atoms with Crippen molar-refractivity contribution in [3.05, 3.63) is 29.8 Å². The number of aliphatic hydroxyl groups excluding tert-OH is 1. The molecule has 1 saturated heterocycles. The molecule has 1 amide bonds. The van der Waals surface area contributed by atoms with Crippen molar-refractivity contribution < 1.29 is 14.6 Å². The summed E-state index contributed by atoms with van der Waals surface area (Å²) in [7, 11) is 1.71. The van der Waals surface area contributed by atoms with Gasteiger partial charge in [-0.1, -0.05) is 32.0 Å². The fourth-order valence-electron chi connectivity index (χ4n) is 3.53. The Hall–Kier alpha value is -1.59. The molecule has 5 heteroatoms. The molecule has 5 nitrogen and oxygen atoms in total. The van der Waals surface area contributed by atoms with Gasteiger partial charge in [-0.05, 0) is 43.8 Å². The third-order valence-electron chi connectivity index (χ3n) is 4.85. The first-order valence-electron chi connectivity index (χ1n) is 9.26. The first-order valence-corrected chi connectivity index (χ1v) is 9.26. The van der Waals surface area contributed by atoms with Gasteiger partial charge in [0.25, 0.3) is 0 Å². The summed E-state index contributed by atoms with van der Waals surface area (Å²) in [6.07, 6.45) is 2.17. The third-order valence-corrected chi connectivity index (χ3v) is 4.85. The molecule has 1 aliphatic heterocycles. The highest BCUT2D eigenvalue weighted by molar-refractivity contribution is 5.77. The summed E-state index contributed by atoms with van der Waals surface area (Å²) >= 11 is 0. The molecule has 0 aromatic heterocycles. The molecule has 1 N–H and O–H groups in total. The normalized spacial score (nSPS) is 16.2. The topological polar surface area (TPSA) is 53.0 Å². The van der Waals surface area contributed by atoms with Crippen LogP contribution in [0.3, 0.4) is 0 Å².